The molecule has 0 spiro atoms. The molecular weight excluding hydrogens is 299 g/mol. The molecule has 0 radical (unpaired) electrons. The van der Waals surface area contributed by atoms with Crippen molar-refractivity contribution in [3.8, 4) is 0 Å². The van der Waals surface area contributed by atoms with E-state index in [2.05, 4.69) is 22.9 Å². The van der Waals surface area contributed by atoms with E-state index in [1.54, 1.807) is 6.07 Å². The van der Waals surface area contributed by atoms with Crippen molar-refractivity contribution in [1.29, 1.82) is 0 Å². The van der Waals surface area contributed by atoms with Crippen molar-refractivity contribution < 1.29 is 13.9 Å². The van der Waals surface area contributed by atoms with Crippen molar-refractivity contribution in [1.82, 2.24) is 0 Å². The highest BCUT2D eigenvalue weighted by atomic mass is 79.9. The highest BCUT2D eigenvalue weighted by Crippen LogP contribution is 2.36. The smallest absolute Gasteiger partial charge is 0.338 e. The summed E-state index contributed by atoms with van der Waals surface area (Å²) >= 11 is 3.65. The van der Waals surface area contributed by atoms with Gasteiger partial charge in [0.1, 0.15) is 11.9 Å². The van der Waals surface area contributed by atoms with Gasteiger partial charge >= 0.3 is 5.97 Å². The summed E-state index contributed by atoms with van der Waals surface area (Å²) in [4.78, 5) is 11.8. The number of carbonyl (C=O) groups is 1. The molecule has 0 amide bonds. The fraction of sp³-hybridized carbons (Fsp3) is 0.500. The molecule has 1 aromatic rings. The summed E-state index contributed by atoms with van der Waals surface area (Å²) in [5, 5.41) is 0. The molecule has 0 bridgehead atoms. The SMILES string of the molecule is CC1(Br)CCC(OC(=O)c2cccc(F)c2)CC1. The Morgan fingerprint density at radius 2 is 2.11 bits per heavy atom. The Morgan fingerprint density at radius 1 is 1.44 bits per heavy atom. The third-order valence-electron chi connectivity index (χ3n) is 3.31. The van der Waals surface area contributed by atoms with Gasteiger partial charge < -0.3 is 4.74 Å². The average molecular weight is 315 g/mol. The first-order chi connectivity index (χ1) is 8.46. The maximum Gasteiger partial charge on any atom is 0.338 e. The van der Waals surface area contributed by atoms with Crippen LogP contribution in [0.15, 0.2) is 24.3 Å². The number of hydrogen-bond donors (Lipinski definition) is 0. The zero-order valence-electron chi connectivity index (χ0n) is 10.3. The van der Waals surface area contributed by atoms with Crippen LogP contribution in [0, 0.1) is 5.82 Å². The second kappa shape index (κ2) is 5.39. The van der Waals surface area contributed by atoms with Crippen molar-refractivity contribution in [3.05, 3.63) is 35.6 Å². The average Bonchev–Trinajstić information content (AvgIpc) is 2.32. The fourth-order valence-electron chi connectivity index (χ4n) is 2.15. The lowest BCUT2D eigenvalue weighted by Crippen LogP contribution is -2.30. The van der Waals surface area contributed by atoms with E-state index in [4.69, 9.17) is 4.74 Å². The van der Waals surface area contributed by atoms with Gasteiger partial charge in [0, 0.05) is 4.32 Å². The second-order valence-electron chi connectivity index (χ2n) is 5.03. The van der Waals surface area contributed by atoms with Gasteiger partial charge in [0.15, 0.2) is 0 Å². The Bertz CT molecular complexity index is 435. The van der Waals surface area contributed by atoms with Gasteiger partial charge in [-0.1, -0.05) is 22.0 Å². The summed E-state index contributed by atoms with van der Waals surface area (Å²) in [5.41, 5.74) is 0.280. The van der Waals surface area contributed by atoms with Crippen LogP contribution in [0.25, 0.3) is 0 Å². The number of benzene rings is 1. The van der Waals surface area contributed by atoms with Gasteiger partial charge in [-0.15, -0.1) is 0 Å². The van der Waals surface area contributed by atoms with Crippen LogP contribution in [0.4, 0.5) is 4.39 Å². The lowest BCUT2D eigenvalue weighted by atomic mass is 9.88. The second-order valence-corrected chi connectivity index (χ2v) is 6.94. The minimum absolute atomic E-state index is 0.0496. The van der Waals surface area contributed by atoms with Crippen molar-refractivity contribution in [2.24, 2.45) is 0 Å². The topological polar surface area (TPSA) is 26.3 Å². The Kier molecular flexibility index (Phi) is 4.05. The molecule has 1 aliphatic rings. The van der Waals surface area contributed by atoms with Gasteiger partial charge in [-0.2, -0.15) is 0 Å². The largest absolute Gasteiger partial charge is 0.459 e. The van der Waals surface area contributed by atoms with Gasteiger partial charge in [-0.05, 0) is 50.8 Å². The maximum atomic E-state index is 13.0. The van der Waals surface area contributed by atoms with E-state index >= 15 is 0 Å². The lowest BCUT2D eigenvalue weighted by Gasteiger charge is -2.32. The van der Waals surface area contributed by atoms with Crippen LogP contribution >= 0.6 is 15.9 Å². The number of esters is 1. The molecule has 0 unspecified atom stereocenters. The monoisotopic (exact) mass is 314 g/mol. The van der Waals surface area contributed by atoms with Gasteiger partial charge in [0.05, 0.1) is 5.56 Å². The summed E-state index contributed by atoms with van der Waals surface area (Å²) in [5.74, 6) is -0.848. The molecule has 2 nitrogen and oxygen atoms in total. The molecule has 0 aliphatic heterocycles. The zero-order chi connectivity index (χ0) is 13.2. The molecule has 0 aromatic heterocycles. The molecule has 1 saturated carbocycles. The number of alkyl halides is 1. The first-order valence-electron chi connectivity index (χ1n) is 6.12. The molecule has 98 valence electrons. The van der Waals surface area contributed by atoms with Crippen LogP contribution < -0.4 is 0 Å². The van der Waals surface area contributed by atoms with Crippen LogP contribution in [-0.2, 0) is 4.74 Å². The molecule has 0 saturated heterocycles. The summed E-state index contributed by atoms with van der Waals surface area (Å²) in [6, 6.07) is 5.61. The van der Waals surface area contributed by atoms with Crippen LogP contribution in [0.2, 0.25) is 0 Å². The third-order valence-corrected chi connectivity index (χ3v) is 4.10. The molecule has 18 heavy (non-hydrogen) atoms. The van der Waals surface area contributed by atoms with E-state index in [0.717, 1.165) is 25.7 Å². The van der Waals surface area contributed by atoms with Gasteiger partial charge in [0.2, 0.25) is 0 Å². The van der Waals surface area contributed by atoms with Gasteiger partial charge in [-0.3, -0.25) is 0 Å². The molecule has 0 N–H and O–H groups in total. The molecule has 1 aliphatic carbocycles. The van der Waals surface area contributed by atoms with E-state index < -0.39 is 11.8 Å². The molecular formula is C14H16BrFO2. The number of hydrogen-bond acceptors (Lipinski definition) is 2. The van der Waals surface area contributed by atoms with Crippen LogP contribution in [0.1, 0.15) is 43.0 Å². The standard InChI is InChI=1S/C14H16BrFO2/c1-14(15)7-5-12(6-8-14)18-13(17)10-3-2-4-11(16)9-10/h2-4,9,12H,5-8H2,1H3. The fourth-order valence-corrected chi connectivity index (χ4v) is 2.60. The van der Waals surface area contributed by atoms with Gasteiger partial charge in [0.25, 0.3) is 0 Å². The highest BCUT2D eigenvalue weighted by Gasteiger charge is 2.30. The van der Waals surface area contributed by atoms with Crippen molar-refractivity contribution in [3.63, 3.8) is 0 Å². The Labute approximate surface area is 115 Å². The minimum Gasteiger partial charge on any atom is -0.459 e. The first kappa shape index (κ1) is 13.5. The first-order valence-corrected chi connectivity index (χ1v) is 6.91. The molecule has 0 heterocycles. The molecule has 1 fully saturated rings. The zero-order valence-corrected chi connectivity index (χ0v) is 11.9. The van der Waals surface area contributed by atoms with Crippen molar-refractivity contribution >= 4 is 21.9 Å². The van der Waals surface area contributed by atoms with Crippen LogP contribution in [-0.4, -0.2) is 16.4 Å². The molecule has 1 aromatic carbocycles. The number of carbonyl (C=O) groups excluding carboxylic acids is 1. The Balaban J connectivity index is 1.93. The van der Waals surface area contributed by atoms with Crippen molar-refractivity contribution in [2.45, 2.75) is 43.0 Å². The van der Waals surface area contributed by atoms with Gasteiger partial charge in [-0.25, -0.2) is 9.18 Å². The Hall–Kier alpha value is -0.900. The highest BCUT2D eigenvalue weighted by molar-refractivity contribution is 9.10. The lowest BCUT2D eigenvalue weighted by molar-refractivity contribution is 0.0191. The summed E-state index contributed by atoms with van der Waals surface area (Å²) in [6.07, 6.45) is 3.61. The van der Waals surface area contributed by atoms with E-state index in [-0.39, 0.29) is 16.0 Å². The number of rotatable bonds is 2. The van der Waals surface area contributed by atoms with Crippen LogP contribution in [0.5, 0.6) is 0 Å². The predicted molar refractivity (Wildman–Crippen MR) is 71.4 cm³/mol. The summed E-state index contributed by atoms with van der Waals surface area (Å²) < 4.78 is 18.6. The van der Waals surface area contributed by atoms with Crippen molar-refractivity contribution in [2.75, 3.05) is 0 Å². The third kappa shape index (κ3) is 3.55. The van der Waals surface area contributed by atoms with E-state index in [0.29, 0.717) is 0 Å². The van der Waals surface area contributed by atoms with E-state index in [1.807, 2.05) is 0 Å². The number of halogens is 2. The quantitative estimate of drug-likeness (QED) is 0.607. The number of ether oxygens (including phenoxy) is 1. The van der Waals surface area contributed by atoms with E-state index in [9.17, 15) is 9.18 Å². The normalized spacial score (nSPS) is 27.8. The molecule has 4 heteroatoms. The summed E-state index contributed by atoms with van der Waals surface area (Å²) in [6.45, 7) is 2.15. The predicted octanol–water partition coefficient (Wildman–Crippen LogP) is 4.08. The maximum absolute atomic E-state index is 13.0. The van der Waals surface area contributed by atoms with Crippen LogP contribution in [0.3, 0.4) is 0 Å². The molecule has 2 rings (SSSR count). The minimum atomic E-state index is -0.433. The Morgan fingerprint density at radius 3 is 2.72 bits per heavy atom. The van der Waals surface area contributed by atoms with E-state index in [1.165, 1.54) is 18.2 Å². The summed E-state index contributed by atoms with van der Waals surface area (Å²) in [7, 11) is 0. The molecule has 0 atom stereocenters.